The molecule has 1 aliphatic heterocycles. The smallest absolute Gasteiger partial charge is 0.246 e. The maximum Gasteiger partial charge on any atom is 0.246 e. The Labute approximate surface area is 194 Å². The summed E-state index contributed by atoms with van der Waals surface area (Å²) < 4.78 is 37.8. The van der Waals surface area contributed by atoms with Gasteiger partial charge in [0.2, 0.25) is 5.91 Å². The van der Waals surface area contributed by atoms with Crippen LogP contribution in [0, 0.1) is 23.5 Å². The number of halogens is 2. The number of carbonyl (C=O) groups is 1. The van der Waals surface area contributed by atoms with E-state index in [0.717, 1.165) is 48.7 Å². The number of likely N-dealkylation sites (N-methyl/N-ethyl adjacent to an activating group) is 2. The molecule has 9 heteroatoms. The summed E-state index contributed by atoms with van der Waals surface area (Å²) in [6.07, 6.45) is 4.37. The summed E-state index contributed by atoms with van der Waals surface area (Å²) >= 11 is 0. The maximum absolute atomic E-state index is 13.8. The van der Waals surface area contributed by atoms with E-state index in [-0.39, 0.29) is 26.5 Å². The molecule has 1 aromatic carbocycles. The predicted octanol–water partition coefficient (Wildman–Crippen LogP) is 4.49. The molecule has 2 aliphatic rings. The van der Waals surface area contributed by atoms with Gasteiger partial charge in [-0.3, -0.25) is 4.79 Å². The van der Waals surface area contributed by atoms with Crippen LogP contribution in [0.3, 0.4) is 0 Å². The third kappa shape index (κ3) is 5.34. The fraction of sp³-hybridized carbons (Fsp3) is 0.542. The number of aromatic nitrogens is 2. The average molecular weight is 465 g/mol. The highest BCUT2D eigenvalue weighted by atomic mass is 19.1. The number of ether oxygens (including phenoxy) is 2. The molecule has 4 rings (SSSR count). The van der Waals surface area contributed by atoms with Crippen molar-refractivity contribution in [2.24, 2.45) is 11.8 Å². The molecule has 182 valence electrons. The molecule has 1 saturated carbocycles. The Hall–Kier alpha value is -2.97. The van der Waals surface area contributed by atoms with E-state index >= 15 is 0 Å². The van der Waals surface area contributed by atoms with Gasteiger partial charge in [-0.25, -0.2) is 18.7 Å². The van der Waals surface area contributed by atoms with Crippen molar-refractivity contribution in [1.29, 1.82) is 0 Å². The number of carbonyl (C=O) groups excluding carboxylic acids is 1. The Morgan fingerprint density at radius 1 is 1.15 bits per heavy atom. The van der Waals surface area contributed by atoms with Crippen molar-refractivity contribution < 1.29 is 23.0 Å². The molecular formula is C24H34F2N4O3. The van der Waals surface area contributed by atoms with E-state index in [2.05, 4.69) is 9.72 Å². The molecule has 2 aromatic rings. The normalized spacial score (nSPS) is 19.1. The minimum atomic E-state index is -0.776. The van der Waals surface area contributed by atoms with Crippen LogP contribution in [0.25, 0.3) is 0 Å². The topological polar surface area (TPSA) is 67.8 Å². The first-order chi connectivity index (χ1) is 14.9. The van der Waals surface area contributed by atoms with Gasteiger partial charge in [0, 0.05) is 32.1 Å². The van der Waals surface area contributed by atoms with Gasteiger partial charge in [-0.05, 0) is 31.6 Å². The fourth-order valence-corrected chi connectivity index (χ4v) is 4.28. The molecule has 1 amide bonds. The summed E-state index contributed by atoms with van der Waals surface area (Å²) in [6.45, 7) is 3.25. The lowest BCUT2D eigenvalue weighted by atomic mass is 9.73. The number of methoxy groups -OCH3 is 1. The second-order valence-corrected chi connectivity index (χ2v) is 8.13. The predicted molar refractivity (Wildman–Crippen MR) is 125 cm³/mol. The lowest BCUT2D eigenvalue weighted by Crippen LogP contribution is -2.45. The van der Waals surface area contributed by atoms with Crippen molar-refractivity contribution in [2.75, 3.05) is 43.7 Å². The highest BCUT2D eigenvalue weighted by Crippen LogP contribution is 2.37. The van der Waals surface area contributed by atoms with Crippen LogP contribution in [0.2, 0.25) is 0 Å². The lowest BCUT2D eigenvalue weighted by molar-refractivity contribution is -0.117. The van der Waals surface area contributed by atoms with E-state index in [1.807, 2.05) is 18.9 Å². The third-order valence-electron chi connectivity index (χ3n) is 5.91. The Balaban J connectivity index is 0.00000193. The van der Waals surface area contributed by atoms with E-state index in [1.54, 1.807) is 11.1 Å². The van der Waals surface area contributed by atoms with Crippen LogP contribution in [0.1, 0.15) is 40.4 Å². The van der Waals surface area contributed by atoms with Crippen LogP contribution < -0.4 is 19.3 Å². The zero-order chi connectivity index (χ0) is 22.1. The number of hydrogen-bond donors (Lipinski definition) is 0. The van der Waals surface area contributed by atoms with Crippen LogP contribution in [0.4, 0.5) is 20.3 Å². The van der Waals surface area contributed by atoms with Crippen molar-refractivity contribution in [3.8, 4) is 11.5 Å². The van der Waals surface area contributed by atoms with Crippen molar-refractivity contribution in [1.82, 2.24) is 9.97 Å². The zero-order valence-electron chi connectivity index (χ0n) is 17.9. The molecule has 1 aromatic heterocycles. The molecule has 0 atom stereocenters. The minimum absolute atomic E-state index is 0. The zero-order valence-corrected chi connectivity index (χ0v) is 17.9. The first-order valence-corrected chi connectivity index (χ1v) is 10.4. The van der Waals surface area contributed by atoms with Gasteiger partial charge in [-0.15, -0.1) is 0 Å². The van der Waals surface area contributed by atoms with Crippen molar-refractivity contribution in [2.45, 2.75) is 41.0 Å². The van der Waals surface area contributed by atoms with Crippen LogP contribution in [-0.2, 0) is 11.2 Å². The van der Waals surface area contributed by atoms with Gasteiger partial charge >= 0.3 is 0 Å². The van der Waals surface area contributed by atoms with Gasteiger partial charge in [-0.2, -0.15) is 0 Å². The largest absolute Gasteiger partial charge is 0.493 e. The molecule has 0 spiro atoms. The van der Waals surface area contributed by atoms with Crippen molar-refractivity contribution in [3.63, 3.8) is 0 Å². The van der Waals surface area contributed by atoms with Gasteiger partial charge in [0.25, 0.3) is 0 Å². The standard InChI is InChI=1S/C22H26F2N4O3.2CH4/c1-4-28-18-10-25-19(26-22(18)27(2)11-20(28)29)7-13-5-14(6-13)12-31-15-8-16(23)21(30-3)17(24)9-15;;/h8-10,13-14H,4-7,11-12H2,1-3H3;2*1H4. The number of nitrogens with zero attached hydrogens (tertiary/aromatic N) is 4. The van der Waals surface area contributed by atoms with E-state index in [1.165, 1.54) is 7.11 Å². The van der Waals surface area contributed by atoms with Crippen molar-refractivity contribution in [3.05, 3.63) is 35.8 Å². The Kier molecular flexibility index (Phi) is 8.57. The molecule has 1 aliphatic carbocycles. The summed E-state index contributed by atoms with van der Waals surface area (Å²) in [5.74, 6) is 0.568. The number of hydrogen-bond acceptors (Lipinski definition) is 6. The second kappa shape index (κ2) is 10.8. The quantitative estimate of drug-likeness (QED) is 0.602. The molecule has 2 heterocycles. The van der Waals surface area contributed by atoms with E-state index in [4.69, 9.17) is 9.72 Å². The van der Waals surface area contributed by atoms with Gasteiger partial charge in [-0.1, -0.05) is 14.9 Å². The van der Waals surface area contributed by atoms with E-state index in [0.29, 0.717) is 31.5 Å². The summed E-state index contributed by atoms with van der Waals surface area (Å²) in [4.78, 5) is 24.9. The molecular weight excluding hydrogens is 430 g/mol. The average Bonchev–Trinajstić information content (AvgIpc) is 2.70. The number of amides is 1. The monoisotopic (exact) mass is 464 g/mol. The first kappa shape index (κ1) is 26.3. The highest BCUT2D eigenvalue weighted by Gasteiger charge is 2.32. The van der Waals surface area contributed by atoms with Crippen LogP contribution in [-0.4, -0.2) is 49.7 Å². The van der Waals surface area contributed by atoms with Crippen molar-refractivity contribution >= 4 is 17.4 Å². The van der Waals surface area contributed by atoms with Crippen LogP contribution in [0.5, 0.6) is 11.5 Å². The molecule has 0 unspecified atom stereocenters. The highest BCUT2D eigenvalue weighted by molar-refractivity contribution is 6.01. The Bertz CT molecular complexity index is 959. The van der Waals surface area contributed by atoms with E-state index in [9.17, 15) is 13.6 Å². The third-order valence-corrected chi connectivity index (χ3v) is 5.91. The van der Waals surface area contributed by atoms with Gasteiger partial charge in [0.15, 0.2) is 23.2 Å². The molecule has 0 N–H and O–H groups in total. The molecule has 33 heavy (non-hydrogen) atoms. The number of rotatable bonds is 7. The summed E-state index contributed by atoms with van der Waals surface area (Å²) in [6, 6.07) is 2.28. The van der Waals surface area contributed by atoms with Gasteiger partial charge in [0.1, 0.15) is 17.3 Å². The summed E-state index contributed by atoms with van der Waals surface area (Å²) in [7, 11) is 3.09. The molecule has 0 saturated heterocycles. The SMILES string of the molecule is C.C.CCN1C(=O)CN(C)c2nc(CC3CC(COc4cc(F)c(OC)c(F)c4)C3)ncc21. The van der Waals surface area contributed by atoms with Gasteiger partial charge in [0.05, 0.1) is 26.5 Å². The lowest BCUT2D eigenvalue weighted by Gasteiger charge is -2.36. The van der Waals surface area contributed by atoms with Crippen LogP contribution >= 0.6 is 0 Å². The molecule has 7 nitrogen and oxygen atoms in total. The Morgan fingerprint density at radius 2 is 1.82 bits per heavy atom. The molecule has 1 fully saturated rings. The molecule has 0 bridgehead atoms. The fourth-order valence-electron chi connectivity index (χ4n) is 4.28. The minimum Gasteiger partial charge on any atom is -0.493 e. The molecule has 0 radical (unpaired) electrons. The number of anilines is 2. The first-order valence-electron chi connectivity index (χ1n) is 10.4. The van der Waals surface area contributed by atoms with E-state index < -0.39 is 17.4 Å². The maximum atomic E-state index is 13.8. The van der Waals surface area contributed by atoms with Crippen LogP contribution in [0.15, 0.2) is 18.3 Å². The second-order valence-electron chi connectivity index (χ2n) is 8.13. The van der Waals surface area contributed by atoms with Gasteiger partial charge < -0.3 is 19.3 Å². The summed E-state index contributed by atoms with van der Waals surface area (Å²) in [5, 5.41) is 0. The number of benzene rings is 1. The summed E-state index contributed by atoms with van der Waals surface area (Å²) in [5.41, 5.74) is 0.754. The number of fused-ring (bicyclic) bond motifs is 1. The Morgan fingerprint density at radius 3 is 2.42 bits per heavy atom.